The van der Waals surface area contributed by atoms with Crippen LogP contribution >= 0.6 is 0 Å². The molecule has 0 bridgehead atoms. The van der Waals surface area contributed by atoms with E-state index in [1.54, 1.807) is 0 Å². The molecule has 0 spiro atoms. The van der Waals surface area contributed by atoms with Crippen LogP contribution in [0.15, 0.2) is 24.3 Å². The molecule has 66 valence electrons. The van der Waals surface area contributed by atoms with Crippen LogP contribution in [-0.2, 0) is 0 Å². The zero-order valence-corrected chi connectivity index (χ0v) is 7.41. The molecule has 1 aromatic carbocycles. The second kappa shape index (κ2) is 2.62. The smallest absolute Gasteiger partial charge is 0.133 e. The predicted molar refractivity (Wildman–Crippen MR) is 55.3 cm³/mol. The second-order valence-corrected chi connectivity index (χ2v) is 3.16. The monoisotopic (exact) mass is 173 g/mol. The molecule has 2 aromatic rings. The summed E-state index contributed by atoms with van der Waals surface area (Å²) in [6.07, 6.45) is 0. The topological polar surface area (TPSA) is 64.9 Å². The van der Waals surface area contributed by atoms with Crippen molar-refractivity contribution in [2.24, 2.45) is 0 Å². The number of pyridine rings is 1. The van der Waals surface area contributed by atoms with Crippen LogP contribution in [0.5, 0.6) is 0 Å². The maximum Gasteiger partial charge on any atom is 0.133 e. The molecular formula is C10H11N3. The summed E-state index contributed by atoms with van der Waals surface area (Å²) in [5, 5.41) is 2.00. The van der Waals surface area contributed by atoms with E-state index in [1.807, 2.05) is 31.2 Å². The van der Waals surface area contributed by atoms with Crippen LogP contribution in [0.3, 0.4) is 0 Å². The summed E-state index contributed by atoms with van der Waals surface area (Å²) in [6.45, 7) is 2.03. The lowest BCUT2D eigenvalue weighted by molar-refractivity contribution is 1.37. The third-order valence-corrected chi connectivity index (χ3v) is 2.04. The first kappa shape index (κ1) is 7.86. The molecule has 1 aromatic heterocycles. The first-order valence-corrected chi connectivity index (χ1v) is 4.09. The lowest BCUT2D eigenvalue weighted by Crippen LogP contribution is -1.96. The number of benzene rings is 1. The van der Waals surface area contributed by atoms with Crippen molar-refractivity contribution in [3.8, 4) is 0 Å². The summed E-state index contributed by atoms with van der Waals surface area (Å²) < 4.78 is 0. The molecule has 2 rings (SSSR count). The van der Waals surface area contributed by atoms with Crippen LogP contribution in [0, 0.1) is 6.92 Å². The largest absolute Gasteiger partial charge is 0.384 e. The van der Waals surface area contributed by atoms with Crippen molar-refractivity contribution >= 4 is 22.4 Å². The maximum atomic E-state index is 5.72. The number of aryl methyl sites for hydroxylation is 1. The highest BCUT2D eigenvalue weighted by Crippen LogP contribution is 2.22. The fourth-order valence-electron chi connectivity index (χ4n) is 1.43. The Kier molecular flexibility index (Phi) is 1.59. The minimum Gasteiger partial charge on any atom is -0.384 e. The van der Waals surface area contributed by atoms with Gasteiger partial charge in [-0.1, -0.05) is 23.8 Å². The van der Waals surface area contributed by atoms with Gasteiger partial charge in [-0.15, -0.1) is 0 Å². The molecule has 0 saturated carbocycles. The number of rotatable bonds is 0. The van der Waals surface area contributed by atoms with E-state index >= 15 is 0 Å². The van der Waals surface area contributed by atoms with Gasteiger partial charge in [0.05, 0.1) is 0 Å². The summed E-state index contributed by atoms with van der Waals surface area (Å²) >= 11 is 0. The number of anilines is 2. The normalized spacial score (nSPS) is 10.5. The average Bonchev–Trinajstić information content (AvgIpc) is 2.02. The Hall–Kier alpha value is -1.77. The Morgan fingerprint density at radius 1 is 1.15 bits per heavy atom. The van der Waals surface area contributed by atoms with Crippen LogP contribution in [0.1, 0.15) is 5.56 Å². The molecule has 0 saturated heterocycles. The van der Waals surface area contributed by atoms with E-state index < -0.39 is 0 Å². The zero-order chi connectivity index (χ0) is 9.42. The molecule has 0 aliphatic heterocycles. The van der Waals surface area contributed by atoms with Crippen molar-refractivity contribution in [2.75, 3.05) is 11.5 Å². The van der Waals surface area contributed by atoms with Gasteiger partial charge in [-0.2, -0.15) is 0 Å². The minimum atomic E-state index is 0.468. The standard InChI is InChI=1S/C10H11N3/c1-6-2-3-8-7(4-6)5-9(11)13-10(8)12/h2-5H,1H3,(H4,11,12,13). The van der Waals surface area contributed by atoms with Crippen LogP contribution in [0.25, 0.3) is 10.8 Å². The van der Waals surface area contributed by atoms with Crippen molar-refractivity contribution in [3.05, 3.63) is 29.8 Å². The van der Waals surface area contributed by atoms with Gasteiger partial charge in [0.25, 0.3) is 0 Å². The molecule has 0 aliphatic carbocycles. The fourth-order valence-corrected chi connectivity index (χ4v) is 1.43. The third kappa shape index (κ3) is 1.28. The predicted octanol–water partition coefficient (Wildman–Crippen LogP) is 1.71. The third-order valence-electron chi connectivity index (χ3n) is 2.04. The number of hydrogen-bond acceptors (Lipinski definition) is 3. The van der Waals surface area contributed by atoms with E-state index in [1.165, 1.54) is 5.56 Å². The molecule has 4 N–H and O–H groups in total. The van der Waals surface area contributed by atoms with Crippen molar-refractivity contribution in [1.82, 2.24) is 4.98 Å². The number of nitrogens with two attached hydrogens (primary N) is 2. The van der Waals surface area contributed by atoms with Crippen molar-refractivity contribution in [1.29, 1.82) is 0 Å². The molecule has 0 aliphatic rings. The minimum absolute atomic E-state index is 0.468. The van der Waals surface area contributed by atoms with Crippen LogP contribution in [-0.4, -0.2) is 4.98 Å². The van der Waals surface area contributed by atoms with E-state index in [0.29, 0.717) is 11.6 Å². The van der Waals surface area contributed by atoms with Crippen LogP contribution < -0.4 is 11.5 Å². The fraction of sp³-hybridized carbons (Fsp3) is 0.100. The highest BCUT2D eigenvalue weighted by molar-refractivity contribution is 5.93. The van der Waals surface area contributed by atoms with E-state index in [-0.39, 0.29) is 0 Å². The Balaban J connectivity index is 2.86. The highest BCUT2D eigenvalue weighted by Gasteiger charge is 2.00. The number of aromatic nitrogens is 1. The second-order valence-electron chi connectivity index (χ2n) is 3.16. The molecule has 3 heteroatoms. The van der Waals surface area contributed by atoms with Gasteiger partial charge in [0.1, 0.15) is 11.6 Å². The van der Waals surface area contributed by atoms with Crippen LogP contribution in [0.2, 0.25) is 0 Å². The number of nitrogens with zero attached hydrogens (tertiary/aromatic N) is 1. The summed E-state index contributed by atoms with van der Waals surface area (Å²) in [4.78, 5) is 3.99. The molecule has 0 radical (unpaired) electrons. The summed E-state index contributed by atoms with van der Waals surface area (Å²) in [5.41, 5.74) is 12.5. The molecular weight excluding hydrogens is 162 g/mol. The molecule has 3 nitrogen and oxygen atoms in total. The average molecular weight is 173 g/mol. The van der Waals surface area contributed by atoms with Gasteiger partial charge in [-0.05, 0) is 18.4 Å². The first-order chi connectivity index (χ1) is 6.16. The summed E-state index contributed by atoms with van der Waals surface area (Å²) in [5.74, 6) is 0.964. The zero-order valence-electron chi connectivity index (χ0n) is 7.41. The molecule has 0 unspecified atom stereocenters. The van der Waals surface area contributed by atoms with Gasteiger partial charge >= 0.3 is 0 Å². The Morgan fingerprint density at radius 2 is 1.92 bits per heavy atom. The van der Waals surface area contributed by atoms with Crippen molar-refractivity contribution in [3.63, 3.8) is 0 Å². The highest BCUT2D eigenvalue weighted by atomic mass is 14.9. The molecule has 13 heavy (non-hydrogen) atoms. The lowest BCUT2D eigenvalue weighted by atomic mass is 10.1. The van der Waals surface area contributed by atoms with E-state index in [2.05, 4.69) is 4.98 Å². The van der Waals surface area contributed by atoms with Crippen molar-refractivity contribution in [2.45, 2.75) is 6.92 Å². The molecule has 0 amide bonds. The number of fused-ring (bicyclic) bond motifs is 1. The Labute approximate surface area is 76.4 Å². The van der Waals surface area contributed by atoms with Gasteiger partial charge in [0, 0.05) is 5.39 Å². The molecule has 0 fully saturated rings. The quantitative estimate of drug-likeness (QED) is 0.637. The van der Waals surface area contributed by atoms with Gasteiger partial charge in [-0.3, -0.25) is 0 Å². The Morgan fingerprint density at radius 3 is 2.69 bits per heavy atom. The lowest BCUT2D eigenvalue weighted by Gasteiger charge is -2.03. The van der Waals surface area contributed by atoms with E-state index in [0.717, 1.165) is 10.8 Å². The molecule has 1 heterocycles. The van der Waals surface area contributed by atoms with Gasteiger partial charge in [-0.25, -0.2) is 4.98 Å². The van der Waals surface area contributed by atoms with Crippen molar-refractivity contribution < 1.29 is 0 Å². The van der Waals surface area contributed by atoms with Gasteiger partial charge in [0.2, 0.25) is 0 Å². The first-order valence-electron chi connectivity index (χ1n) is 4.09. The maximum absolute atomic E-state index is 5.72. The molecule has 0 atom stereocenters. The van der Waals surface area contributed by atoms with E-state index in [9.17, 15) is 0 Å². The summed E-state index contributed by atoms with van der Waals surface area (Å²) in [6, 6.07) is 7.85. The number of nitrogen functional groups attached to an aromatic ring is 2. The summed E-state index contributed by atoms with van der Waals surface area (Å²) in [7, 11) is 0. The van der Waals surface area contributed by atoms with Gasteiger partial charge in [0.15, 0.2) is 0 Å². The SMILES string of the molecule is Cc1ccc2c(N)nc(N)cc2c1. The van der Waals surface area contributed by atoms with E-state index in [4.69, 9.17) is 11.5 Å². The number of hydrogen-bond donors (Lipinski definition) is 2. The van der Waals surface area contributed by atoms with Crippen LogP contribution in [0.4, 0.5) is 11.6 Å². The Bertz CT molecular complexity index is 458. The van der Waals surface area contributed by atoms with Gasteiger partial charge < -0.3 is 11.5 Å².